The minimum absolute atomic E-state index is 0.118. The van der Waals surface area contributed by atoms with Crippen LogP contribution in [0.5, 0.6) is 0 Å². The number of fused-ring (bicyclic) bond motifs is 1. The van der Waals surface area contributed by atoms with Gasteiger partial charge in [0.25, 0.3) is 0 Å². The Kier molecular flexibility index (Phi) is 4.94. The van der Waals surface area contributed by atoms with Crippen LogP contribution in [0.2, 0.25) is 10.0 Å². The molecule has 136 valence electrons. The summed E-state index contributed by atoms with van der Waals surface area (Å²) in [4.78, 5) is 6.78. The van der Waals surface area contributed by atoms with Crippen molar-refractivity contribution in [3.8, 4) is 0 Å². The predicted molar refractivity (Wildman–Crippen MR) is 110 cm³/mol. The molecule has 0 aromatic heterocycles. The third kappa shape index (κ3) is 3.60. The average molecular weight is 427 g/mol. The minimum atomic E-state index is -3.04. The first-order valence-electron chi connectivity index (χ1n) is 8.12. The fourth-order valence-electron chi connectivity index (χ4n) is 3.30. The van der Waals surface area contributed by atoms with Crippen molar-refractivity contribution in [1.82, 2.24) is 0 Å². The summed E-state index contributed by atoms with van der Waals surface area (Å²) in [5.74, 6) is 0.902. The lowest BCUT2D eigenvalue weighted by Gasteiger charge is -2.26. The second-order valence-electron chi connectivity index (χ2n) is 6.35. The van der Waals surface area contributed by atoms with Crippen molar-refractivity contribution in [2.45, 2.75) is 17.8 Å². The van der Waals surface area contributed by atoms with Gasteiger partial charge >= 0.3 is 0 Å². The van der Waals surface area contributed by atoms with Gasteiger partial charge in [-0.25, -0.2) is 8.42 Å². The van der Waals surface area contributed by atoms with E-state index in [2.05, 4.69) is 4.90 Å². The number of anilines is 1. The Balaban J connectivity index is 1.61. The van der Waals surface area contributed by atoms with E-state index in [1.54, 1.807) is 17.8 Å². The summed E-state index contributed by atoms with van der Waals surface area (Å²) in [7, 11) is -3.04. The second-order valence-corrected chi connectivity index (χ2v) is 10.3. The van der Waals surface area contributed by atoms with Crippen LogP contribution in [0.3, 0.4) is 0 Å². The van der Waals surface area contributed by atoms with E-state index in [-0.39, 0.29) is 23.6 Å². The van der Waals surface area contributed by atoms with Crippen LogP contribution in [0, 0.1) is 0 Å². The van der Waals surface area contributed by atoms with Gasteiger partial charge in [-0.15, -0.1) is 0 Å². The molecule has 26 heavy (non-hydrogen) atoms. The summed E-state index contributed by atoms with van der Waals surface area (Å²) >= 11 is 13.8. The van der Waals surface area contributed by atoms with Crippen LogP contribution in [-0.2, 0) is 15.6 Å². The van der Waals surface area contributed by atoms with E-state index in [0.29, 0.717) is 15.8 Å². The number of rotatable bonds is 3. The molecular formula is C18H16Cl2N2O2S2. The highest BCUT2D eigenvalue weighted by molar-refractivity contribution is 8.13. The van der Waals surface area contributed by atoms with Gasteiger partial charge < -0.3 is 4.90 Å². The van der Waals surface area contributed by atoms with E-state index in [1.807, 2.05) is 42.5 Å². The molecule has 0 N–H and O–H groups in total. The maximum atomic E-state index is 12.1. The van der Waals surface area contributed by atoms with E-state index in [0.717, 1.165) is 16.4 Å². The first-order valence-corrected chi connectivity index (χ1v) is 11.7. The largest absolute Gasteiger partial charge is 0.315 e. The van der Waals surface area contributed by atoms with Crippen molar-refractivity contribution in [2.75, 3.05) is 16.4 Å². The molecule has 2 heterocycles. The molecule has 2 aromatic rings. The van der Waals surface area contributed by atoms with Crippen LogP contribution in [0.1, 0.15) is 5.56 Å². The van der Waals surface area contributed by atoms with E-state index in [1.165, 1.54) is 0 Å². The Morgan fingerprint density at radius 2 is 1.88 bits per heavy atom. The van der Waals surface area contributed by atoms with Gasteiger partial charge in [0.05, 0.1) is 23.6 Å². The smallest absolute Gasteiger partial charge is 0.164 e. The summed E-state index contributed by atoms with van der Waals surface area (Å²) in [6, 6.07) is 14.9. The van der Waals surface area contributed by atoms with Crippen LogP contribution >= 0.6 is 35.0 Å². The molecule has 0 aliphatic carbocycles. The zero-order valence-corrected chi connectivity index (χ0v) is 16.8. The molecule has 0 bridgehead atoms. The zero-order valence-electron chi connectivity index (χ0n) is 13.7. The third-order valence-corrected chi connectivity index (χ3v) is 7.82. The Hall–Kier alpha value is -1.21. The van der Waals surface area contributed by atoms with Gasteiger partial charge in [-0.3, -0.25) is 4.99 Å². The summed E-state index contributed by atoms with van der Waals surface area (Å²) in [6.45, 7) is 0. The Labute approximate surface area is 167 Å². The quantitative estimate of drug-likeness (QED) is 0.734. The monoisotopic (exact) mass is 426 g/mol. The van der Waals surface area contributed by atoms with Crippen LogP contribution in [0.15, 0.2) is 53.5 Å². The molecule has 2 atom stereocenters. The lowest BCUT2D eigenvalue weighted by molar-refractivity contribution is 0.601. The standard InChI is InChI=1S/C18H16Cl2N2O2S2/c19-13-7-6-12(15(20)8-13)9-25-18-21-16-10-26(23,24)11-17(16)22(18)14-4-2-1-3-5-14/h1-8,16-17H,9-11H2/t16-,17+/m1/s1. The number of sulfone groups is 1. The molecular weight excluding hydrogens is 411 g/mol. The summed E-state index contributed by atoms with van der Waals surface area (Å²) in [5, 5.41) is 2.07. The van der Waals surface area contributed by atoms with Gasteiger partial charge in [0, 0.05) is 21.5 Å². The highest BCUT2D eigenvalue weighted by Crippen LogP contribution is 2.36. The highest BCUT2D eigenvalue weighted by atomic mass is 35.5. The zero-order chi connectivity index (χ0) is 18.3. The number of hydrogen-bond acceptors (Lipinski definition) is 5. The molecule has 4 rings (SSSR count). The highest BCUT2D eigenvalue weighted by Gasteiger charge is 2.47. The predicted octanol–water partition coefficient (Wildman–Crippen LogP) is 4.27. The summed E-state index contributed by atoms with van der Waals surface area (Å²) < 4.78 is 24.1. The van der Waals surface area contributed by atoms with Gasteiger partial charge in [-0.1, -0.05) is 59.2 Å². The molecule has 2 aliphatic heterocycles. The molecule has 1 fully saturated rings. The van der Waals surface area contributed by atoms with Crippen molar-refractivity contribution in [3.05, 3.63) is 64.1 Å². The minimum Gasteiger partial charge on any atom is -0.315 e. The van der Waals surface area contributed by atoms with Gasteiger partial charge in [-0.05, 0) is 29.8 Å². The van der Waals surface area contributed by atoms with Crippen LogP contribution in [0.4, 0.5) is 5.69 Å². The Bertz CT molecular complexity index is 964. The van der Waals surface area contributed by atoms with Gasteiger partial charge in [0.2, 0.25) is 0 Å². The van der Waals surface area contributed by atoms with E-state index < -0.39 is 9.84 Å². The molecule has 2 aliphatic rings. The fraction of sp³-hybridized carbons (Fsp3) is 0.278. The van der Waals surface area contributed by atoms with E-state index in [9.17, 15) is 8.42 Å². The van der Waals surface area contributed by atoms with Gasteiger partial charge in [0.1, 0.15) is 0 Å². The Morgan fingerprint density at radius 1 is 1.12 bits per heavy atom. The first kappa shape index (κ1) is 18.2. The maximum absolute atomic E-state index is 12.1. The molecule has 2 aromatic carbocycles. The van der Waals surface area contributed by atoms with E-state index in [4.69, 9.17) is 28.2 Å². The normalized spacial score (nSPS) is 23.8. The third-order valence-electron chi connectivity index (χ3n) is 4.51. The van der Waals surface area contributed by atoms with E-state index >= 15 is 0 Å². The van der Waals surface area contributed by atoms with Crippen LogP contribution < -0.4 is 4.90 Å². The average Bonchev–Trinajstić information content (AvgIpc) is 3.06. The molecule has 0 radical (unpaired) electrons. The number of hydrogen-bond donors (Lipinski definition) is 0. The lowest BCUT2D eigenvalue weighted by atomic mass is 10.1. The molecule has 0 spiro atoms. The SMILES string of the molecule is O=S1(=O)C[C@H]2N=C(SCc3ccc(Cl)cc3Cl)N(c3ccccc3)[C@H]2C1. The molecule has 8 heteroatoms. The first-order chi connectivity index (χ1) is 12.4. The van der Waals surface area contributed by atoms with Crippen molar-refractivity contribution < 1.29 is 8.42 Å². The number of nitrogens with zero attached hydrogens (tertiary/aromatic N) is 2. The number of halogens is 2. The number of amidine groups is 1. The maximum Gasteiger partial charge on any atom is 0.164 e. The number of thioether (sulfide) groups is 1. The van der Waals surface area contributed by atoms with Crippen molar-refractivity contribution in [1.29, 1.82) is 0 Å². The number of aliphatic imine (C=N–C) groups is 1. The van der Waals surface area contributed by atoms with Crippen molar-refractivity contribution in [2.24, 2.45) is 4.99 Å². The number of para-hydroxylation sites is 1. The molecule has 0 unspecified atom stereocenters. The molecule has 0 amide bonds. The summed E-state index contributed by atoms with van der Waals surface area (Å²) in [6.07, 6.45) is 0. The molecule has 4 nitrogen and oxygen atoms in total. The topological polar surface area (TPSA) is 49.7 Å². The fourth-order valence-corrected chi connectivity index (χ4v) is 6.83. The molecule has 0 saturated carbocycles. The Morgan fingerprint density at radius 3 is 2.62 bits per heavy atom. The van der Waals surface area contributed by atoms with Crippen molar-refractivity contribution in [3.63, 3.8) is 0 Å². The molecule has 1 saturated heterocycles. The van der Waals surface area contributed by atoms with Gasteiger partial charge in [-0.2, -0.15) is 0 Å². The second kappa shape index (κ2) is 7.08. The lowest BCUT2D eigenvalue weighted by Crippen LogP contribution is -2.39. The number of benzene rings is 2. The van der Waals surface area contributed by atoms with Crippen molar-refractivity contribution >= 4 is 55.7 Å². The van der Waals surface area contributed by atoms with Crippen LogP contribution in [-0.4, -0.2) is 37.2 Å². The van der Waals surface area contributed by atoms with Gasteiger partial charge in [0.15, 0.2) is 15.0 Å². The van der Waals surface area contributed by atoms with Crippen LogP contribution in [0.25, 0.3) is 0 Å². The summed E-state index contributed by atoms with van der Waals surface area (Å²) in [5.41, 5.74) is 1.94.